The van der Waals surface area contributed by atoms with Crippen LogP contribution < -0.4 is 5.32 Å². The van der Waals surface area contributed by atoms with E-state index >= 15 is 0 Å². The van der Waals surface area contributed by atoms with Gasteiger partial charge in [0, 0.05) is 10.9 Å². The zero-order valence-corrected chi connectivity index (χ0v) is 13.5. The smallest absolute Gasteiger partial charge is 0.137 e. The Labute approximate surface area is 122 Å². The maximum atomic E-state index is 5.91. The van der Waals surface area contributed by atoms with E-state index in [2.05, 4.69) is 52.1 Å². The van der Waals surface area contributed by atoms with E-state index in [0.29, 0.717) is 0 Å². The van der Waals surface area contributed by atoms with E-state index in [1.54, 1.807) is 0 Å². The van der Waals surface area contributed by atoms with Gasteiger partial charge in [-0.2, -0.15) is 0 Å². The minimum absolute atomic E-state index is 0.111. The summed E-state index contributed by atoms with van der Waals surface area (Å²) in [5.41, 5.74) is 5.22. The molecule has 1 aromatic carbocycles. The first-order valence-corrected chi connectivity index (χ1v) is 7.71. The standard InChI is InChI=1S/C18H27NO/c1-6-13-10-15-14(8-9-19-7-2)12-20-17(15)16(11-13)18(3,4)5/h10-12,19H,6-9H2,1-5H3. The molecule has 0 saturated heterocycles. The van der Waals surface area contributed by atoms with E-state index in [1.165, 1.54) is 22.1 Å². The van der Waals surface area contributed by atoms with Crippen LogP contribution in [0.25, 0.3) is 11.0 Å². The predicted octanol–water partition coefficient (Wildman–Crippen LogP) is 4.44. The van der Waals surface area contributed by atoms with Gasteiger partial charge >= 0.3 is 0 Å². The van der Waals surface area contributed by atoms with Crippen molar-refractivity contribution < 1.29 is 4.42 Å². The molecule has 0 spiro atoms. The fourth-order valence-corrected chi connectivity index (χ4v) is 2.60. The highest BCUT2D eigenvalue weighted by atomic mass is 16.3. The number of nitrogens with one attached hydrogen (secondary N) is 1. The molecule has 0 fully saturated rings. The Morgan fingerprint density at radius 1 is 1.15 bits per heavy atom. The monoisotopic (exact) mass is 273 g/mol. The highest BCUT2D eigenvalue weighted by Gasteiger charge is 2.21. The van der Waals surface area contributed by atoms with E-state index in [-0.39, 0.29) is 5.41 Å². The molecule has 0 atom stereocenters. The minimum atomic E-state index is 0.111. The number of hydrogen-bond donors (Lipinski definition) is 1. The normalized spacial score (nSPS) is 12.2. The van der Waals surface area contributed by atoms with Gasteiger partial charge in [-0.05, 0) is 48.5 Å². The molecule has 0 amide bonds. The lowest BCUT2D eigenvalue weighted by Gasteiger charge is -2.20. The molecule has 1 N–H and O–H groups in total. The topological polar surface area (TPSA) is 25.2 Å². The summed E-state index contributed by atoms with van der Waals surface area (Å²) < 4.78 is 5.91. The molecule has 0 radical (unpaired) electrons. The van der Waals surface area contributed by atoms with Gasteiger partial charge < -0.3 is 9.73 Å². The molecule has 110 valence electrons. The molecule has 2 rings (SSSR count). The lowest BCUT2D eigenvalue weighted by atomic mass is 9.84. The summed E-state index contributed by atoms with van der Waals surface area (Å²) in [4.78, 5) is 0. The molecular weight excluding hydrogens is 246 g/mol. The molecule has 0 aliphatic carbocycles. The maximum absolute atomic E-state index is 5.91. The molecule has 2 nitrogen and oxygen atoms in total. The Balaban J connectivity index is 2.48. The summed E-state index contributed by atoms with van der Waals surface area (Å²) in [5, 5.41) is 4.68. The Kier molecular flexibility index (Phi) is 4.54. The summed E-state index contributed by atoms with van der Waals surface area (Å²) in [5.74, 6) is 0. The SMILES string of the molecule is CCNCCc1coc2c(C(C)(C)C)cc(CC)cc12. The highest BCUT2D eigenvalue weighted by Crippen LogP contribution is 2.34. The second-order valence-electron chi connectivity index (χ2n) is 6.49. The quantitative estimate of drug-likeness (QED) is 0.814. The largest absolute Gasteiger partial charge is 0.464 e. The molecule has 1 aromatic heterocycles. The van der Waals surface area contributed by atoms with Gasteiger partial charge in [-0.25, -0.2) is 0 Å². The summed E-state index contributed by atoms with van der Waals surface area (Å²) in [6, 6.07) is 4.61. The summed E-state index contributed by atoms with van der Waals surface area (Å²) in [6.07, 6.45) is 4.03. The van der Waals surface area contributed by atoms with Crippen molar-refractivity contribution in [3.05, 3.63) is 35.1 Å². The van der Waals surface area contributed by atoms with Crippen LogP contribution >= 0.6 is 0 Å². The minimum Gasteiger partial charge on any atom is -0.464 e. The van der Waals surface area contributed by atoms with Crippen molar-refractivity contribution in [3.8, 4) is 0 Å². The van der Waals surface area contributed by atoms with Gasteiger partial charge in [0.1, 0.15) is 5.58 Å². The Hall–Kier alpha value is -1.28. The van der Waals surface area contributed by atoms with Crippen LogP contribution in [0.1, 0.15) is 51.3 Å². The molecular formula is C18H27NO. The van der Waals surface area contributed by atoms with Crippen LogP contribution in [0.3, 0.4) is 0 Å². The van der Waals surface area contributed by atoms with Crippen molar-refractivity contribution in [1.82, 2.24) is 5.32 Å². The second-order valence-corrected chi connectivity index (χ2v) is 6.49. The number of rotatable bonds is 5. The van der Waals surface area contributed by atoms with Gasteiger partial charge in [0.25, 0.3) is 0 Å². The van der Waals surface area contributed by atoms with Crippen molar-refractivity contribution in [2.75, 3.05) is 13.1 Å². The van der Waals surface area contributed by atoms with Crippen LogP contribution in [-0.4, -0.2) is 13.1 Å². The first-order chi connectivity index (χ1) is 9.47. The number of aryl methyl sites for hydroxylation is 1. The first kappa shape index (κ1) is 15.1. The van der Waals surface area contributed by atoms with E-state index < -0.39 is 0 Å². The Morgan fingerprint density at radius 3 is 2.50 bits per heavy atom. The summed E-state index contributed by atoms with van der Waals surface area (Å²) in [6.45, 7) is 13.1. The summed E-state index contributed by atoms with van der Waals surface area (Å²) >= 11 is 0. The van der Waals surface area contributed by atoms with Gasteiger partial charge in [-0.1, -0.05) is 40.7 Å². The zero-order chi connectivity index (χ0) is 14.8. The van der Waals surface area contributed by atoms with Gasteiger partial charge in [0.05, 0.1) is 6.26 Å². The summed E-state index contributed by atoms with van der Waals surface area (Å²) in [7, 11) is 0. The third-order valence-electron chi connectivity index (χ3n) is 3.85. The molecule has 0 unspecified atom stereocenters. The number of furan rings is 1. The molecule has 1 heterocycles. The number of fused-ring (bicyclic) bond motifs is 1. The number of benzene rings is 1. The molecule has 0 bridgehead atoms. The number of likely N-dealkylation sites (N-methyl/N-ethyl adjacent to an activating group) is 1. The molecule has 0 saturated carbocycles. The van der Waals surface area contributed by atoms with Crippen molar-refractivity contribution in [2.24, 2.45) is 0 Å². The average Bonchev–Trinajstić information content (AvgIpc) is 2.80. The van der Waals surface area contributed by atoms with Gasteiger partial charge in [0.2, 0.25) is 0 Å². The van der Waals surface area contributed by atoms with E-state index in [0.717, 1.165) is 31.5 Å². The third-order valence-corrected chi connectivity index (χ3v) is 3.85. The molecule has 20 heavy (non-hydrogen) atoms. The van der Waals surface area contributed by atoms with E-state index in [1.807, 2.05) is 6.26 Å². The van der Waals surface area contributed by atoms with Crippen LogP contribution in [0.4, 0.5) is 0 Å². The first-order valence-electron chi connectivity index (χ1n) is 7.71. The van der Waals surface area contributed by atoms with Crippen molar-refractivity contribution in [3.63, 3.8) is 0 Å². The predicted molar refractivity (Wildman–Crippen MR) is 86.5 cm³/mol. The number of hydrogen-bond acceptors (Lipinski definition) is 2. The van der Waals surface area contributed by atoms with E-state index in [9.17, 15) is 0 Å². The van der Waals surface area contributed by atoms with Gasteiger partial charge in [-0.15, -0.1) is 0 Å². The van der Waals surface area contributed by atoms with Crippen LogP contribution in [0, 0.1) is 0 Å². The highest BCUT2D eigenvalue weighted by molar-refractivity contribution is 5.85. The van der Waals surface area contributed by atoms with Crippen LogP contribution in [0.5, 0.6) is 0 Å². The van der Waals surface area contributed by atoms with Crippen LogP contribution in [0.2, 0.25) is 0 Å². The molecule has 2 heteroatoms. The fraction of sp³-hybridized carbons (Fsp3) is 0.556. The molecule has 0 aliphatic heterocycles. The van der Waals surface area contributed by atoms with Crippen LogP contribution in [0.15, 0.2) is 22.8 Å². The Bertz CT molecular complexity index is 575. The average molecular weight is 273 g/mol. The zero-order valence-electron chi connectivity index (χ0n) is 13.5. The van der Waals surface area contributed by atoms with Crippen molar-refractivity contribution in [2.45, 2.75) is 52.9 Å². The Morgan fingerprint density at radius 2 is 1.90 bits per heavy atom. The maximum Gasteiger partial charge on any atom is 0.137 e. The van der Waals surface area contributed by atoms with E-state index in [4.69, 9.17) is 4.42 Å². The lowest BCUT2D eigenvalue weighted by molar-refractivity contribution is 0.556. The van der Waals surface area contributed by atoms with Crippen LogP contribution in [-0.2, 0) is 18.3 Å². The van der Waals surface area contributed by atoms with Crippen molar-refractivity contribution >= 4 is 11.0 Å². The lowest BCUT2D eigenvalue weighted by Crippen LogP contribution is -2.16. The third kappa shape index (κ3) is 3.06. The van der Waals surface area contributed by atoms with Crippen molar-refractivity contribution in [1.29, 1.82) is 0 Å². The fourth-order valence-electron chi connectivity index (χ4n) is 2.60. The molecule has 2 aromatic rings. The van der Waals surface area contributed by atoms with Gasteiger partial charge in [0.15, 0.2) is 0 Å². The second kappa shape index (κ2) is 6.01. The van der Waals surface area contributed by atoms with Gasteiger partial charge in [-0.3, -0.25) is 0 Å². The molecule has 0 aliphatic rings.